The normalized spacial score (nSPS) is 11.1. The van der Waals surface area contributed by atoms with E-state index >= 15 is 0 Å². The van der Waals surface area contributed by atoms with E-state index in [-0.39, 0.29) is 17.5 Å². The molecule has 2 heterocycles. The molecule has 4 aromatic rings. The summed E-state index contributed by atoms with van der Waals surface area (Å²) in [6.07, 6.45) is 4.80. The second-order valence-electron chi connectivity index (χ2n) is 7.14. The molecule has 0 fully saturated rings. The predicted octanol–water partition coefficient (Wildman–Crippen LogP) is 3.47. The van der Waals surface area contributed by atoms with Gasteiger partial charge in [0.15, 0.2) is 0 Å². The maximum atomic E-state index is 13.0. The summed E-state index contributed by atoms with van der Waals surface area (Å²) in [6, 6.07) is 14.7. The zero-order valence-corrected chi connectivity index (χ0v) is 16.2. The SMILES string of the molecule is CC(C)n1cc(C(=O)Nc2ccc(Cn3cncn3)cc2)c2ccccc2c1=O. The highest BCUT2D eigenvalue weighted by Crippen LogP contribution is 2.19. The van der Waals surface area contributed by atoms with Crippen molar-refractivity contribution in [2.45, 2.75) is 26.4 Å². The average Bonchev–Trinajstić information content (AvgIpc) is 3.22. The minimum absolute atomic E-state index is 0.0466. The van der Waals surface area contributed by atoms with Crippen LogP contribution >= 0.6 is 0 Å². The minimum atomic E-state index is -0.250. The molecule has 146 valence electrons. The Balaban J connectivity index is 1.62. The first kappa shape index (κ1) is 18.6. The van der Waals surface area contributed by atoms with Gasteiger partial charge in [0.1, 0.15) is 12.7 Å². The average molecular weight is 387 g/mol. The fraction of sp³-hybridized carbons (Fsp3) is 0.182. The van der Waals surface area contributed by atoms with E-state index in [1.165, 1.54) is 6.33 Å². The summed E-state index contributed by atoms with van der Waals surface area (Å²) < 4.78 is 3.33. The summed E-state index contributed by atoms with van der Waals surface area (Å²) in [7, 11) is 0. The molecule has 0 aliphatic heterocycles. The lowest BCUT2D eigenvalue weighted by Crippen LogP contribution is -2.25. The predicted molar refractivity (Wildman–Crippen MR) is 112 cm³/mol. The lowest BCUT2D eigenvalue weighted by Gasteiger charge is -2.15. The van der Waals surface area contributed by atoms with Gasteiger partial charge in [-0.3, -0.25) is 9.59 Å². The van der Waals surface area contributed by atoms with Crippen molar-refractivity contribution in [2.75, 3.05) is 5.32 Å². The van der Waals surface area contributed by atoms with E-state index < -0.39 is 0 Å². The number of nitrogens with one attached hydrogen (secondary N) is 1. The maximum Gasteiger partial charge on any atom is 0.258 e. The Bertz CT molecular complexity index is 1210. The van der Waals surface area contributed by atoms with Gasteiger partial charge in [0, 0.05) is 28.7 Å². The van der Waals surface area contributed by atoms with E-state index in [1.54, 1.807) is 33.9 Å². The van der Waals surface area contributed by atoms with Gasteiger partial charge in [0.2, 0.25) is 0 Å². The van der Waals surface area contributed by atoms with Gasteiger partial charge in [-0.2, -0.15) is 5.10 Å². The molecular weight excluding hydrogens is 366 g/mol. The molecule has 4 rings (SSSR count). The van der Waals surface area contributed by atoms with Gasteiger partial charge in [0.05, 0.1) is 12.1 Å². The Morgan fingerprint density at radius 3 is 2.45 bits per heavy atom. The van der Waals surface area contributed by atoms with Crippen LogP contribution < -0.4 is 10.9 Å². The number of anilines is 1. The van der Waals surface area contributed by atoms with Crippen molar-refractivity contribution in [3.8, 4) is 0 Å². The first-order valence-corrected chi connectivity index (χ1v) is 9.39. The van der Waals surface area contributed by atoms with Crippen LogP contribution in [0.1, 0.15) is 35.8 Å². The Kier molecular flexibility index (Phi) is 4.95. The highest BCUT2D eigenvalue weighted by atomic mass is 16.2. The largest absolute Gasteiger partial charge is 0.322 e. The zero-order valence-electron chi connectivity index (χ0n) is 16.2. The van der Waals surface area contributed by atoms with E-state index in [4.69, 9.17) is 0 Å². The van der Waals surface area contributed by atoms with Gasteiger partial charge >= 0.3 is 0 Å². The Labute approximate surface area is 167 Å². The van der Waals surface area contributed by atoms with E-state index in [0.717, 1.165) is 5.56 Å². The smallest absolute Gasteiger partial charge is 0.258 e. The van der Waals surface area contributed by atoms with Crippen molar-refractivity contribution >= 4 is 22.4 Å². The lowest BCUT2D eigenvalue weighted by molar-refractivity contribution is 0.102. The highest BCUT2D eigenvalue weighted by molar-refractivity contribution is 6.12. The molecule has 2 aromatic carbocycles. The van der Waals surface area contributed by atoms with Crippen LogP contribution in [0.25, 0.3) is 10.8 Å². The summed E-state index contributed by atoms with van der Waals surface area (Å²) >= 11 is 0. The first-order valence-electron chi connectivity index (χ1n) is 9.39. The molecule has 7 nitrogen and oxygen atoms in total. The molecule has 0 atom stereocenters. The topological polar surface area (TPSA) is 81.8 Å². The molecular formula is C22H21N5O2. The quantitative estimate of drug-likeness (QED) is 0.568. The highest BCUT2D eigenvalue weighted by Gasteiger charge is 2.16. The van der Waals surface area contributed by atoms with Gasteiger partial charge in [0.25, 0.3) is 11.5 Å². The summed E-state index contributed by atoms with van der Waals surface area (Å²) in [5.41, 5.74) is 2.11. The van der Waals surface area contributed by atoms with Gasteiger partial charge in [-0.05, 0) is 37.6 Å². The number of carbonyl (C=O) groups is 1. The van der Waals surface area contributed by atoms with Crippen LogP contribution in [-0.4, -0.2) is 25.2 Å². The summed E-state index contributed by atoms with van der Waals surface area (Å²) in [5, 5.41) is 8.21. The first-order chi connectivity index (χ1) is 14.0. The van der Waals surface area contributed by atoms with Crippen LogP contribution in [0.2, 0.25) is 0 Å². The van der Waals surface area contributed by atoms with Crippen molar-refractivity contribution in [3.05, 3.63) is 88.9 Å². The van der Waals surface area contributed by atoms with Crippen molar-refractivity contribution in [1.82, 2.24) is 19.3 Å². The maximum absolute atomic E-state index is 13.0. The number of aromatic nitrogens is 4. The second-order valence-corrected chi connectivity index (χ2v) is 7.14. The monoisotopic (exact) mass is 387 g/mol. The number of pyridine rings is 1. The van der Waals surface area contributed by atoms with Crippen LogP contribution in [0.3, 0.4) is 0 Å². The Morgan fingerprint density at radius 1 is 1.07 bits per heavy atom. The molecule has 0 bridgehead atoms. The molecule has 29 heavy (non-hydrogen) atoms. The number of rotatable bonds is 5. The molecule has 1 N–H and O–H groups in total. The Morgan fingerprint density at radius 2 is 1.79 bits per heavy atom. The van der Waals surface area contributed by atoms with Crippen LogP contribution in [0.5, 0.6) is 0 Å². The van der Waals surface area contributed by atoms with Gasteiger partial charge in [-0.1, -0.05) is 30.3 Å². The number of nitrogens with zero attached hydrogens (tertiary/aromatic N) is 4. The fourth-order valence-electron chi connectivity index (χ4n) is 3.27. The molecule has 0 saturated heterocycles. The standard InChI is InChI=1S/C22H21N5O2/c1-15(2)27-12-20(18-5-3-4-6-19(18)22(27)29)21(28)25-17-9-7-16(8-10-17)11-26-14-23-13-24-26/h3-10,12-15H,11H2,1-2H3,(H,25,28). The number of carbonyl (C=O) groups excluding carboxylic acids is 1. The number of fused-ring (bicyclic) bond motifs is 1. The molecule has 0 aliphatic rings. The third kappa shape index (κ3) is 3.80. The van der Waals surface area contributed by atoms with Crippen molar-refractivity contribution in [2.24, 2.45) is 0 Å². The number of amides is 1. The Hall–Kier alpha value is -3.74. The van der Waals surface area contributed by atoms with Crippen molar-refractivity contribution in [1.29, 1.82) is 0 Å². The van der Waals surface area contributed by atoms with Crippen molar-refractivity contribution in [3.63, 3.8) is 0 Å². The van der Waals surface area contributed by atoms with Crippen LogP contribution in [-0.2, 0) is 6.54 Å². The summed E-state index contributed by atoms with van der Waals surface area (Å²) in [5.74, 6) is -0.250. The number of benzene rings is 2. The van der Waals surface area contributed by atoms with Gasteiger partial charge in [-0.25, -0.2) is 9.67 Å². The van der Waals surface area contributed by atoms with E-state index in [1.807, 2.05) is 50.2 Å². The molecule has 0 spiro atoms. The van der Waals surface area contributed by atoms with Crippen LogP contribution in [0.4, 0.5) is 5.69 Å². The molecule has 0 radical (unpaired) electrons. The third-order valence-corrected chi connectivity index (χ3v) is 4.77. The third-order valence-electron chi connectivity index (χ3n) is 4.77. The molecule has 2 aromatic heterocycles. The van der Waals surface area contributed by atoms with Gasteiger partial charge < -0.3 is 9.88 Å². The van der Waals surface area contributed by atoms with Crippen molar-refractivity contribution < 1.29 is 4.79 Å². The second kappa shape index (κ2) is 7.71. The minimum Gasteiger partial charge on any atom is -0.322 e. The molecule has 7 heteroatoms. The zero-order chi connectivity index (χ0) is 20.4. The molecule has 1 amide bonds. The number of hydrogen-bond acceptors (Lipinski definition) is 4. The van der Waals surface area contributed by atoms with Crippen LogP contribution in [0.15, 0.2) is 72.2 Å². The lowest BCUT2D eigenvalue weighted by atomic mass is 10.1. The molecule has 0 unspecified atom stereocenters. The molecule has 0 aliphatic carbocycles. The van der Waals surface area contributed by atoms with E-state index in [0.29, 0.717) is 28.6 Å². The fourth-order valence-corrected chi connectivity index (χ4v) is 3.27. The molecule has 0 saturated carbocycles. The summed E-state index contributed by atoms with van der Waals surface area (Å²) in [4.78, 5) is 29.6. The van der Waals surface area contributed by atoms with E-state index in [9.17, 15) is 9.59 Å². The van der Waals surface area contributed by atoms with E-state index in [2.05, 4.69) is 15.4 Å². The summed E-state index contributed by atoms with van der Waals surface area (Å²) in [6.45, 7) is 4.45. The van der Waals surface area contributed by atoms with Gasteiger partial charge in [-0.15, -0.1) is 0 Å². The van der Waals surface area contributed by atoms with Crippen LogP contribution in [0, 0.1) is 0 Å². The number of hydrogen-bond donors (Lipinski definition) is 1.